The number of pyridine rings is 1. The Morgan fingerprint density at radius 1 is 0.971 bits per heavy atom. The Bertz CT molecular complexity index is 1460. The Kier molecular flexibility index (Phi) is 8.95. The summed E-state index contributed by atoms with van der Waals surface area (Å²) in [6, 6.07) is 18.7. The van der Waals surface area contributed by atoms with Crippen LogP contribution in [0.15, 0.2) is 88.1 Å². The molecule has 3 aromatic carbocycles. The minimum absolute atomic E-state index is 0. The molecule has 0 fully saturated rings. The van der Waals surface area contributed by atoms with Crippen LogP contribution < -0.4 is 10.5 Å². The zero-order chi connectivity index (χ0) is 24.1. The van der Waals surface area contributed by atoms with E-state index in [1.807, 2.05) is 24.3 Å². The molecule has 0 spiro atoms. The average molecular weight is 503 g/mol. The fourth-order valence-corrected chi connectivity index (χ4v) is 4.13. The first-order valence-corrected chi connectivity index (χ1v) is 11.8. The Balaban J connectivity index is 0.00000342. The summed E-state index contributed by atoms with van der Waals surface area (Å²) >= 11 is 0. The van der Waals surface area contributed by atoms with Gasteiger partial charge in [-0.05, 0) is 30.3 Å². The summed E-state index contributed by atoms with van der Waals surface area (Å²) in [6.45, 7) is 0.437. The molecule has 0 bridgehead atoms. The molecule has 35 heavy (non-hydrogen) atoms. The van der Waals surface area contributed by atoms with E-state index in [2.05, 4.69) is 15.2 Å². The Labute approximate surface area is 224 Å². The van der Waals surface area contributed by atoms with Crippen LogP contribution in [0.5, 0.6) is 5.75 Å². The van der Waals surface area contributed by atoms with E-state index in [1.165, 1.54) is 12.3 Å². The molecule has 0 aliphatic rings. The number of aliphatic hydroxyl groups is 1. The molecule has 4 rings (SSSR count). The number of rotatable bonds is 8. The Hall–Kier alpha value is -2.86. The molecule has 4 N–H and O–H groups in total. The number of hydrogen-bond donors (Lipinski definition) is 3. The standard InChI is InChI=1S/C24H22N4O5S.Na.H/c25-24-18-7-2-1-6-17(18)23(34(30,31)32)14-21(24)28-27-16-10-11-20(26-15-16)19-8-3-4-9-22(19)33-13-5-12-29;;/h1-4,6-11,14-15,29H,5,12-13,25H2,(H,30,31,32);;. The predicted molar refractivity (Wildman–Crippen MR) is 136 cm³/mol. The van der Waals surface area contributed by atoms with Crippen LogP contribution in [0, 0.1) is 0 Å². The van der Waals surface area contributed by atoms with Gasteiger partial charge in [0.1, 0.15) is 22.0 Å². The van der Waals surface area contributed by atoms with Crippen molar-refractivity contribution in [2.24, 2.45) is 10.2 Å². The molecule has 0 unspecified atom stereocenters. The van der Waals surface area contributed by atoms with Crippen LogP contribution in [0.1, 0.15) is 6.42 Å². The molecule has 0 atom stereocenters. The van der Waals surface area contributed by atoms with E-state index in [0.717, 1.165) is 5.56 Å². The van der Waals surface area contributed by atoms with Crippen LogP contribution in [0.25, 0.3) is 22.0 Å². The number of nitrogen functional groups attached to an aromatic ring is 1. The van der Waals surface area contributed by atoms with Gasteiger partial charge >= 0.3 is 29.6 Å². The molecule has 0 amide bonds. The van der Waals surface area contributed by atoms with Gasteiger partial charge in [-0.1, -0.05) is 36.4 Å². The quantitative estimate of drug-likeness (QED) is 0.107. The number of aliphatic hydroxyl groups excluding tert-OH is 1. The van der Waals surface area contributed by atoms with Crippen molar-refractivity contribution < 1.29 is 22.8 Å². The van der Waals surface area contributed by atoms with Gasteiger partial charge in [-0.2, -0.15) is 8.42 Å². The molecule has 0 saturated heterocycles. The number of para-hydroxylation sites is 1. The first-order chi connectivity index (χ1) is 16.4. The van der Waals surface area contributed by atoms with Crippen molar-refractivity contribution >= 4 is 67.5 Å². The fourth-order valence-electron chi connectivity index (χ4n) is 3.41. The first kappa shape index (κ1) is 26.7. The third kappa shape index (κ3) is 6.23. The summed E-state index contributed by atoms with van der Waals surface area (Å²) < 4.78 is 39.1. The third-order valence-electron chi connectivity index (χ3n) is 5.05. The summed E-state index contributed by atoms with van der Waals surface area (Å²) in [5.41, 5.74) is 8.41. The van der Waals surface area contributed by atoms with Crippen molar-refractivity contribution in [3.63, 3.8) is 0 Å². The number of nitrogens with zero attached hydrogens (tertiary/aromatic N) is 3. The van der Waals surface area contributed by atoms with E-state index in [1.54, 1.807) is 36.4 Å². The van der Waals surface area contributed by atoms with Gasteiger partial charge in [-0.3, -0.25) is 9.54 Å². The topological polar surface area (TPSA) is 147 Å². The van der Waals surface area contributed by atoms with Crippen LogP contribution in [-0.4, -0.2) is 65.8 Å². The van der Waals surface area contributed by atoms with Crippen LogP contribution in [0.3, 0.4) is 0 Å². The average Bonchev–Trinajstić information content (AvgIpc) is 2.84. The number of hydrogen-bond acceptors (Lipinski definition) is 8. The van der Waals surface area contributed by atoms with Gasteiger partial charge in [0.15, 0.2) is 0 Å². The minimum atomic E-state index is -4.50. The molecular formula is C24H23N4NaO5S. The third-order valence-corrected chi connectivity index (χ3v) is 5.94. The Morgan fingerprint density at radius 2 is 1.69 bits per heavy atom. The van der Waals surface area contributed by atoms with Gasteiger partial charge in [-0.25, -0.2) is 0 Å². The van der Waals surface area contributed by atoms with Gasteiger partial charge in [0.05, 0.1) is 24.2 Å². The number of azo groups is 1. The summed E-state index contributed by atoms with van der Waals surface area (Å²) in [6.07, 6.45) is 2.04. The fraction of sp³-hybridized carbons (Fsp3) is 0.125. The second-order valence-electron chi connectivity index (χ2n) is 7.35. The van der Waals surface area contributed by atoms with Crippen molar-refractivity contribution in [3.05, 3.63) is 72.9 Å². The molecule has 9 nitrogen and oxygen atoms in total. The Morgan fingerprint density at radius 3 is 2.37 bits per heavy atom. The summed E-state index contributed by atoms with van der Waals surface area (Å²) in [7, 11) is -4.50. The van der Waals surface area contributed by atoms with Crippen LogP contribution in [0.2, 0.25) is 0 Å². The zero-order valence-electron chi connectivity index (χ0n) is 18.0. The molecule has 4 aromatic rings. The van der Waals surface area contributed by atoms with E-state index in [0.29, 0.717) is 40.9 Å². The monoisotopic (exact) mass is 502 g/mol. The second kappa shape index (κ2) is 11.7. The van der Waals surface area contributed by atoms with E-state index in [4.69, 9.17) is 15.6 Å². The molecule has 0 aliphatic heterocycles. The first-order valence-electron chi connectivity index (χ1n) is 10.4. The van der Waals surface area contributed by atoms with Crippen molar-refractivity contribution in [2.75, 3.05) is 18.9 Å². The number of ether oxygens (including phenoxy) is 1. The molecule has 11 heteroatoms. The molecule has 1 heterocycles. The normalized spacial score (nSPS) is 11.5. The molecule has 0 radical (unpaired) electrons. The van der Waals surface area contributed by atoms with Crippen molar-refractivity contribution in [2.45, 2.75) is 11.3 Å². The summed E-state index contributed by atoms with van der Waals surface area (Å²) in [5.74, 6) is 0.652. The van der Waals surface area contributed by atoms with Crippen molar-refractivity contribution in [3.8, 4) is 17.0 Å². The number of benzene rings is 3. The maximum absolute atomic E-state index is 11.9. The number of fused-ring (bicyclic) bond motifs is 1. The van der Waals surface area contributed by atoms with Gasteiger partial charge in [0.25, 0.3) is 10.1 Å². The van der Waals surface area contributed by atoms with Gasteiger partial charge in [0.2, 0.25) is 0 Å². The molecule has 176 valence electrons. The van der Waals surface area contributed by atoms with Gasteiger partial charge < -0.3 is 15.6 Å². The zero-order valence-corrected chi connectivity index (χ0v) is 18.8. The van der Waals surface area contributed by atoms with Gasteiger partial charge in [0, 0.05) is 29.4 Å². The van der Waals surface area contributed by atoms with Gasteiger partial charge in [-0.15, -0.1) is 10.2 Å². The predicted octanol–water partition coefficient (Wildman–Crippen LogP) is 4.26. The summed E-state index contributed by atoms with van der Waals surface area (Å²) in [4.78, 5) is 4.14. The number of anilines is 1. The maximum atomic E-state index is 11.9. The van der Waals surface area contributed by atoms with Crippen LogP contribution in [0.4, 0.5) is 17.1 Å². The van der Waals surface area contributed by atoms with E-state index >= 15 is 0 Å². The van der Waals surface area contributed by atoms with Crippen molar-refractivity contribution in [1.82, 2.24) is 4.98 Å². The summed E-state index contributed by atoms with van der Waals surface area (Å²) in [5, 5.41) is 17.9. The SMILES string of the molecule is Nc1c(N=Nc2ccc(-c3ccccc3OCCCO)nc2)cc(S(=O)(=O)O)c2ccccc12.[NaH]. The van der Waals surface area contributed by atoms with Crippen LogP contribution >= 0.6 is 0 Å². The number of nitrogens with two attached hydrogens (primary N) is 1. The second-order valence-corrected chi connectivity index (χ2v) is 8.74. The molecule has 0 saturated carbocycles. The van der Waals surface area contributed by atoms with E-state index in [-0.39, 0.29) is 52.4 Å². The van der Waals surface area contributed by atoms with E-state index < -0.39 is 10.1 Å². The van der Waals surface area contributed by atoms with E-state index in [9.17, 15) is 13.0 Å². The molecule has 1 aromatic heterocycles. The van der Waals surface area contributed by atoms with Crippen molar-refractivity contribution in [1.29, 1.82) is 0 Å². The molecular weight excluding hydrogens is 479 g/mol. The molecule has 0 aliphatic carbocycles. The number of aromatic nitrogens is 1. The van der Waals surface area contributed by atoms with Crippen LogP contribution in [-0.2, 0) is 10.1 Å².